The van der Waals surface area contributed by atoms with Crippen LogP contribution in [0.2, 0.25) is 0 Å². The molecule has 3 unspecified atom stereocenters. The summed E-state index contributed by atoms with van der Waals surface area (Å²) in [7, 11) is 0. The Balaban J connectivity index is 1.58. The van der Waals surface area contributed by atoms with Crippen LogP contribution in [0.15, 0.2) is 6.33 Å². The Morgan fingerprint density at radius 1 is 1.35 bits per heavy atom. The minimum absolute atomic E-state index is 0.572. The third-order valence-corrected chi connectivity index (χ3v) is 4.36. The molecule has 0 amide bonds. The van der Waals surface area contributed by atoms with Crippen molar-refractivity contribution in [2.24, 2.45) is 11.8 Å². The van der Waals surface area contributed by atoms with Crippen LogP contribution in [0.25, 0.3) is 0 Å². The van der Waals surface area contributed by atoms with E-state index in [2.05, 4.69) is 34.0 Å². The molecule has 0 saturated carbocycles. The average molecular weight is 234 g/mol. The summed E-state index contributed by atoms with van der Waals surface area (Å²) in [5, 5.41) is 3.61. The predicted molar refractivity (Wildman–Crippen MR) is 67.7 cm³/mol. The van der Waals surface area contributed by atoms with E-state index < -0.39 is 0 Å². The summed E-state index contributed by atoms with van der Waals surface area (Å²) in [5.74, 6) is 1.69. The van der Waals surface area contributed by atoms with E-state index in [1.807, 2.05) is 6.33 Å². The van der Waals surface area contributed by atoms with Gasteiger partial charge in [-0.3, -0.25) is 0 Å². The number of likely N-dealkylation sites (tertiary alicyclic amines) is 1. The number of aromatic nitrogens is 2. The van der Waals surface area contributed by atoms with Crippen molar-refractivity contribution in [2.45, 2.75) is 32.9 Å². The van der Waals surface area contributed by atoms with Gasteiger partial charge in [0.2, 0.25) is 0 Å². The van der Waals surface area contributed by atoms with E-state index in [0.717, 1.165) is 24.8 Å². The van der Waals surface area contributed by atoms with E-state index in [1.165, 1.54) is 31.0 Å². The Labute approximate surface area is 103 Å². The largest absolute Gasteiger partial charge is 0.347 e. The molecule has 2 N–H and O–H groups in total. The molecule has 3 rings (SSSR count). The molecule has 1 fully saturated rings. The maximum Gasteiger partial charge on any atom is 0.0925 e. The Morgan fingerprint density at radius 2 is 2.12 bits per heavy atom. The lowest BCUT2D eigenvalue weighted by molar-refractivity contribution is 0.271. The normalized spacial score (nSPS) is 33.9. The molecule has 1 saturated heterocycles. The van der Waals surface area contributed by atoms with E-state index in [1.54, 1.807) is 0 Å². The summed E-state index contributed by atoms with van der Waals surface area (Å²) in [5.41, 5.74) is 2.53. The van der Waals surface area contributed by atoms with Crippen LogP contribution in [0, 0.1) is 11.8 Å². The van der Waals surface area contributed by atoms with Crippen molar-refractivity contribution < 1.29 is 0 Å². The maximum absolute atomic E-state index is 4.40. The van der Waals surface area contributed by atoms with Gasteiger partial charge in [0.05, 0.1) is 17.7 Å². The SMILES string of the molecule is CC1CN(CC2Cc3nc[nH]c3CN2)CC1C. The van der Waals surface area contributed by atoms with Crippen molar-refractivity contribution >= 4 is 0 Å². The number of imidazole rings is 1. The Kier molecular flexibility index (Phi) is 2.92. The van der Waals surface area contributed by atoms with E-state index >= 15 is 0 Å². The van der Waals surface area contributed by atoms with E-state index in [-0.39, 0.29) is 0 Å². The van der Waals surface area contributed by atoms with Gasteiger partial charge < -0.3 is 15.2 Å². The molecule has 2 aliphatic heterocycles. The van der Waals surface area contributed by atoms with Gasteiger partial charge in [-0.25, -0.2) is 4.98 Å². The van der Waals surface area contributed by atoms with Crippen LogP contribution in [0.1, 0.15) is 25.2 Å². The number of rotatable bonds is 2. The number of hydrogen-bond acceptors (Lipinski definition) is 3. The maximum atomic E-state index is 4.40. The van der Waals surface area contributed by atoms with Crippen LogP contribution in [-0.2, 0) is 13.0 Å². The molecular weight excluding hydrogens is 212 g/mol. The highest BCUT2D eigenvalue weighted by Gasteiger charge is 2.29. The molecule has 3 heterocycles. The number of fused-ring (bicyclic) bond motifs is 1. The molecule has 3 atom stereocenters. The van der Waals surface area contributed by atoms with Gasteiger partial charge in [0, 0.05) is 38.6 Å². The molecule has 0 bridgehead atoms. The zero-order valence-electron chi connectivity index (χ0n) is 10.7. The quantitative estimate of drug-likeness (QED) is 0.803. The molecule has 1 aromatic heterocycles. The molecule has 2 aliphatic rings. The minimum atomic E-state index is 0.572. The standard InChI is InChI=1S/C13H22N4/c1-9-5-17(6-10(9)2)7-11-3-12-13(4-14-11)16-8-15-12/h8-11,14H,3-7H2,1-2H3,(H,15,16). The van der Waals surface area contributed by atoms with Crippen molar-refractivity contribution in [2.75, 3.05) is 19.6 Å². The van der Waals surface area contributed by atoms with Gasteiger partial charge in [0.15, 0.2) is 0 Å². The second-order valence-corrected chi connectivity index (χ2v) is 5.78. The lowest BCUT2D eigenvalue weighted by atomic mass is 10.0. The lowest BCUT2D eigenvalue weighted by Crippen LogP contribution is -2.44. The Hall–Kier alpha value is -0.870. The highest BCUT2D eigenvalue weighted by atomic mass is 15.2. The highest BCUT2D eigenvalue weighted by Crippen LogP contribution is 2.23. The van der Waals surface area contributed by atoms with Crippen LogP contribution >= 0.6 is 0 Å². The molecule has 0 aliphatic carbocycles. The first kappa shape index (κ1) is 11.2. The van der Waals surface area contributed by atoms with E-state index in [9.17, 15) is 0 Å². The monoisotopic (exact) mass is 234 g/mol. The number of nitrogens with zero attached hydrogens (tertiary/aromatic N) is 2. The minimum Gasteiger partial charge on any atom is -0.347 e. The smallest absolute Gasteiger partial charge is 0.0925 e. The average Bonchev–Trinajstić information content (AvgIpc) is 2.86. The topological polar surface area (TPSA) is 44.0 Å². The summed E-state index contributed by atoms with van der Waals surface area (Å²) < 4.78 is 0. The fraction of sp³-hybridized carbons (Fsp3) is 0.769. The number of nitrogens with one attached hydrogen (secondary N) is 2. The molecule has 94 valence electrons. The summed E-state index contributed by atoms with van der Waals surface area (Å²) in [6.07, 6.45) is 2.88. The molecule has 4 heteroatoms. The second-order valence-electron chi connectivity index (χ2n) is 5.78. The van der Waals surface area contributed by atoms with Gasteiger partial charge in [-0.1, -0.05) is 13.8 Å². The molecule has 0 spiro atoms. The van der Waals surface area contributed by atoms with Crippen molar-refractivity contribution in [1.82, 2.24) is 20.2 Å². The summed E-state index contributed by atoms with van der Waals surface area (Å²) in [4.78, 5) is 10.2. The lowest BCUT2D eigenvalue weighted by Gasteiger charge is -2.27. The van der Waals surface area contributed by atoms with Crippen molar-refractivity contribution in [1.29, 1.82) is 0 Å². The van der Waals surface area contributed by atoms with Crippen LogP contribution in [0.5, 0.6) is 0 Å². The summed E-state index contributed by atoms with van der Waals surface area (Å²) >= 11 is 0. The molecule has 1 aromatic rings. The van der Waals surface area contributed by atoms with Gasteiger partial charge in [-0.15, -0.1) is 0 Å². The zero-order chi connectivity index (χ0) is 11.8. The first-order valence-electron chi connectivity index (χ1n) is 6.69. The van der Waals surface area contributed by atoms with E-state index in [0.29, 0.717) is 6.04 Å². The van der Waals surface area contributed by atoms with Gasteiger partial charge in [-0.05, 0) is 11.8 Å². The first-order chi connectivity index (χ1) is 8.22. The van der Waals surface area contributed by atoms with Crippen LogP contribution in [0.4, 0.5) is 0 Å². The molecule has 0 radical (unpaired) electrons. The second kappa shape index (κ2) is 4.42. The number of H-pyrrole nitrogens is 1. The van der Waals surface area contributed by atoms with Crippen LogP contribution in [0.3, 0.4) is 0 Å². The number of aromatic amines is 1. The molecular formula is C13H22N4. The predicted octanol–water partition coefficient (Wildman–Crippen LogP) is 1.01. The molecule has 17 heavy (non-hydrogen) atoms. The van der Waals surface area contributed by atoms with E-state index in [4.69, 9.17) is 0 Å². The highest BCUT2D eigenvalue weighted by molar-refractivity contribution is 5.16. The third kappa shape index (κ3) is 2.24. The Morgan fingerprint density at radius 3 is 2.88 bits per heavy atom. The van der Waals surface area contributed by atoms with Gasteiger partial charge in [-0.2, -0.15) is 0 Å². The molecule has 4 nitrogen and oxygen atoms in total. The fourth-order valence-electron chi connectivity index (χ4n) is 3.07. The van der Waals surface area contributed by atoms with Gasteiger partial charge in [0.1, 0.15) is 0 Å². The summed E-state index contributed by atoms with van der Waals surface area (Å²) in [6, 6.07) is 0.572. The zero-order valence-corrected chi connectivity index (χ0v) is 10.7. The van der Waals surface area contributed by atoms with Crippen molar-refractivity contribution in [3.05, 3.63) is 17.7 Å². The fourth-order valence-corrected chi connectivity index (χ4v) is 3.07. The van der Waals surface area contributed by atoms with Crippen molar-refractivity contribution in [3.63, 3.8) is 0 Å². The Bertz CT molecular complexity index is 377. The third-order valence-electron chi connectivity index (χ3n) is 4.36. The first-order valence-corrected chi connectivity index (χ1v) is 6.69. The van der Waals surface area contributed by atoms with Crippen LogP contribution < -0.4 is 5.32 Å². The number of hydrogen-bond donors (Lipinski definition) is 2. The van der Waals surface area contributed by atoms with Crippen LogP contribution in [-0.4, -0.2) is 40.5 Å². The molecule has 0 aromatic carbocycles. The van der Waals surface area contributed by atoms with Gasteiger partial charge >= 0.3 is 0 Å². The van der Waals surface area contributed by atoms with Crippen molar-refractivity contribution in [3.8, 4) is 0 Å². The van der Waals surface area contributed by atoms with Gasteiger partial charge in [0.25, 0.3) is 0 Å². The summed E-state index contributed by atoms with van der Waals surface area (Å²) in [6.45, 7) is 9.36.